The van der Waals surface area contributed by atoms with Crippen molar-refractivity contribution in [3.05, 3.63) is 43.1 Å². The first-order valence-electron chi connectivity index (χ1n) is 12.7. The molecular formula is C27H33N3O5S2. The van der Waals surface area contributed by atoms with E-state index >= 15 is 0 Å². The molecule has 37 heavy (non-hydrogen) atoms. The number of H-pyrrole nitrogens is 1. The van der Waals surface area contributed by atoms with Crippen LogP contribution >= 0.6 is 22.7 Å². The lowest BCUT2D eigenvalue weighted by Crippen LogP contribution is -2.18. The van der Waals surface area contributed by atoms with Gasteiger partial charge in [-0.1, -0.05) is 0 Å². The van der Waals surface area contributed by atoms with Gasteiger partial charge >= 0.3 is 5.97 Å². The fraction of sp³-hybridized carbons (Fsp3) is 0.519. The predicted octanol–water partition coefficient (Wildman–Crippen LogP) is 4.66. The fourth-order valence-electron chi connectivity index (χ4n) is 5.45. The molecule has 0 aromatic carbocycles. The highest BCUT2D eigenvalue weighted by Crippen LogP contribution is 2.39. The van der Waals surface area contributed by atoms with Crippen LogP contribution in [0.3, 0.4) is 0 Å². The number of fused-ring (bicyclic) bond motifs is 4. The maximum Gasteiger partial charge on any atom is 0.341 e. The molecule has 8 nitrogen and oxygen atoms in total. The van der Waals surface area contributed by atoms with Gasteiger partial charge in [-0.05, 0) is 82.3 Å². The summed E-state index contributed by atoms with van der Waals surface area (Å²) < 4.78 is 5.07. The third-order valence-corrected chi connectivity index (χ3v) is 9.29. The van der Waals surface area contributed by atoms with Crippen LogP contribution in [0.4, 0.5) is 5.00 Å². The number of carbonyl (C=O) groups excluding carboxylic acids is 3. The Morgan fingerprint density at radius 1 is 1.03 bits per heavy atom. The molecule has 0 amide bonds. The minimum Gasteiger partial charge on any atom is -0.462 e. The quantitative estimate of drug-likeness (QED) is 0.432. The van der Waals surface area contributed by atoms with Crippen LogP contribution in [0.2, 0.25) is 0 Å². The average molecular weight is 544 g/mol. The normalized spacial score (nSPS) is 18.4. The number of Topliss-reactive ketones (excluding diaryl/α,β-unsaturated/α-hetero) is 2. The minimum absolute atomic E-state index is 0.0547. The number of aromatic nitrogens is 2. The number of nitrogens with two attached hydrogens (primary N) is 1. The lowest BCUT2D eigenvalue weighted by molar-refractivity contribution is -0.118. The lowest BCUT2D eigenvalue weighted by atomic mass is 9.83. The van der Waals surface area contributed by atoms with Crippen molar-refractivity contribution in [2.45, 2.75) is 72.1 Å². The smallest absolute Gasteiger partial charge is 0.341 e. The number of aromatic amines is 1. The van der Waals surface area contributed by atoms with Crippen LogP contribution in [0.25, 0.3) is 10.2 Å². The number of anilines is 1. The maximum absolute atomic E-state index is 12.0. The molecular weight excluding hydrogens is 510 g/mol. The van der Waals surface area contributed by atoms with Crippen molar-refractivity contribution >= 4 is 55.4 Å². The number of nitrogen functional groups attached to an aromatic ring is 1. The summed E-state index contributed by atoms with van der Waals surface area (Å²) >= 11 is 3.10. The average Bonchev–Trinajstić information content (AvgIpc) is 3.36. The molecule has 0 fully saturated rings. The van der Waals surface area contributed by atoms with Crippen LogP contribution in [-0.2, 0) is 40.0 Å². The topological polar surface area (TPSA) is 132 Å². The van der Waals surface area contributed by atoms with E-state index in [1.165, 1.54) is 27.4 Å². The molecule has 5 rings (SSSR count). The summed E-state index contributed by atoms with van der Waals surface area (Å²) in [5.74, 6) is 0.810. The van der Waals surface area contributed by atoms with Gasteiger partial charge in [-0.2, -0.15) is 0 Å². The molecule has 0 bridgehead atoms. The third kappa shape index (κ3) is 6.18. The van der Waals surface area contributed by atoms with E-state index in [0.29, 0.717) is 41.8 Å². The molecule has 2 aliphatic rings. The van der Waals surface area contributed by atoms with E-state index in [1.54, 1.807) is 32.1 Å². The van der Waals surface area contributed by atoms with E-state index in [2.05, 4.69) is 9.97 Å². The molecule has 0 radical (unpaired) electrons. The molecule has 3 aromatic heterocycles. The first-order valence-corrected chi connectivity index (χ1v) is 14.3. The third-order valence-electron chi connectivity index (χ3n) is 6.97. The van der Waals surface area contributed by atoms with Crippen molar-refractivity contribution in [3.63, 3.8) is 0 Å². The lowest BCUT2D eigenvalue weighted by Gasteiger charge is -2.21. The van der Waals surface area contributed by atoms with Crippen LogP contribution < -0.4 is 11.3 Å². The van der Waals surface area contributed by atoms with Gasteiger partial charge in [-0.15, -0.1) is 22.7 Å². The largest absolute Gasteiger partial charge is 0.462 e. The van der Waals surface area contributed by atoms with Crippen molar-refractivity contribution in [2.75, 3.05) is 12.3 Å². The molecule has 0 saturated carbocycles. The van der Waals surface area contributed by atoms with Crippen molar-refractivity contribution in [3.8, 4) is 0 Å². The Morgan fingerprint density at radius 2 is 1.62 bits per heavy atom. The summed E-state index contributed by atoms with van der Waals surface area (Å²) in [6, 6.07) is 0. The molecule has 3 aromatic rings. The Bertz CT molecular complexity index is 1390. The van der Waals surface area contributed by atoms with E-state index in [1.807, 2.05) is 0 Å². The molecule has 3 N–H and O–H groups in total. The van der Waals surface area contributed by atoms with E-state index in [-0.39, 0.29) is 23.1 Å². The Morgan fingerprint density at radius 3 is 2.22 bits per heavy atom. The first-order chi connectivity index (χ1) is 17.7. The predicted molar refractivity (Wildman–Crippen MR) is 147 cm³/mol. The number of ketones is 2. The molecule has 2 aliphatic carbocycles. The van der Waals surface area contributed by atoms with Crippen LogP contribution in [0.15, 0.2) is 11.1 Å². The van der Waals surface area contributed by atoms with Gasteiger partial charge in [0.05, 0.1) is 23.9 Å². The molecule has 198 valence electrons. The second kappa shape index (κ2) is 11.7. The molecule has 0 spiro atoms. The number of thiophene rings is 2. The summed E-state index contributed by atoms with van der Waals surface area (Å²) in [6.07, 6.45) is 8.16. The number of esters is 1. The van der Waals surface area contributed by atoms with Gasteiger partial charge in [0.2, 0.25) is 0 Å². The number of nitrogens with one attached hydrogen (secondary N) is 1. The van der Waals surface area contributed by atoms with Crippen LogP contribution in [-0.4, -0.2) is 34.1 Å². The summed E-state index contributed by atoms with van der Waals surface area (Å²) in [5.41, 5.74) is 8.57. The number of hydrogen-bond donors (Lipinski definition) is 2. The number of nitrogens with zero attached hydrogens (tertiary/aromatic N) is 1. The standard InChI is InChI=1S/C14H19NO3S.C13H14N2O2S/c1-3-18-14(17)12-10-7-9(6-8(2)16)4-5-11(10)19-13(12)15;1-7(16)4-8-2-3-10-9(5-8)11-12(17)14-6-15-13(11)18-10/h9H,3-7,15H2,1-2H3;6,8H,2-5H2,1H3,(H,14,15,17). The van der Waals surface area contributed by atoms with Crippen LogP contribution in [0, 0.1) is 11.8 Å². The fourth-order valence-corrected chi connectivity index (χ4v) is 7.74. The highest BCUT2D eigenvalue weighted by molar-refractivity contribution is 7.18. The van der Waals surface area contributed by atoms with Crippen molar-refractivity contribution in [2.24, 2.45) is 11.8 Å². The summed E-state index contributed by atoms with van der Waals surface area (Å²) in [7, 11) is 0. The van der Waals surface area contributed by atoms with Gasteiger partial charge in [-0.3, -0.25) is 4.79 Å². The van der Waals surface area contributed by atoms with E-state index in [4.69, 9.17) is 10.5 Å². The Balaban J connectivity index is 0.000000173. The van der Waals surface area contributed by atoms with E-state index < -0.39 is 0 Å². The van der Waals surface area contributed by atoms with Gasteiger partial charge < -0.3 is 25.0 Å². The minimum atomic E-state index is -0.332. The second-order valence-electron chi connectivity index (χ2n) is 9.91. The number of hydrogen-bond acceptors (Lipinski definition) is 9. The SMILES string of the molecule is CC(=O)CC1CCc2sc3nc[nH]c(=O)c3c2C1.CCOC(=O)c1c(N)sc2c1CC(CC(C)=O)CC2. The van der Waals surface area contributed by atoms with Crippen molar-refractivity contribution < 1.29 is 19.1 Å². The van der Waals surface area contributed by atoms with Gasteiger partial charge in [-0.25, -0.2) is 9.78 Å². The molecule has 2 atom stereocenters. The zero-order valence-electron chi connectivity index (χ0n) is 21.5. The van der Waals surface area contributed by atoms with Gasteiger partial charge in [0.15, 0.2) is 0 Å². The summed E-state index contributed by atoms with van der Waals surface area (Å²) in [4.78, 5) is 56.4. The van der Waals surface area contributed by atoms with Crippen LogP contribution in [0.5, 0.6) is 0 Å². The second-order valence-corrected chi connectivity index (χ2v) is 12.1. The zero-order valence-corrected chi connectivity index (χ0v) is 23.1. The van der Waals surface area contributed by atoms with Gasteiger partial charge in [0.25, 0.3) is 5.56 Å². The Labute approximate surface area is 223 Å². The molecule has 10 heteroatoms. The van der Waals surface area contributed by atoms with Crippen molar-refractivity contribution in [1.82, 2.24) is 9.97 Å². The molecule has 0 saturated heterocycles. The number of aryl methyl sites for hydroxylation is 2. The van der Waals surface area contributed by atoms with Crippen LogP contribution in [0.1, 0.15) is 77.7 Å². The first kappa shape index (κ1) is 27.2. The monoisotopic (exact) mass is 543 g/mol. The highest BCUT2D eigenvalue weighted by atomic mass is 32.1. The Kier molecular flexibility index (Phi) is 8.59. The van der Waals surface area contributed by atoms with Gasteiger partial charge in [0.1, 0.15) is 21.4 Å². The van der Waals surface area contributed by atoms with E-state index in [9.17, 15) is 19.2 Å². The zero-order chi connectivity index (χ0) is 26.7. The Hall–Kier alpha value is -2.85. The molecule has 2 unspecified atom stereocenters. The molecule has 3 heterocycles. The number of ether oxygens (including phenoxy) is 1. The van der Waals surface area contributed by atoms with Crippen molar-refractivity contribution in [1.29, 1.82) is 0 Å². The maximum atomic E-state index is 12.0. The highest BCUT2D eigenvalue weighted by Gasteiger charge is 2.29. The van der Waals surface area contributed by atoms with E-state index in [0.717, 1.165) is 59.9 Å². The summed E-state index contributed by atoms with van der Waals surface area (Å²) in [5, 5.41) is 1.29. The number of carbonyl (C=O) groups is 3. The number of rotatable bonds is 6. The summed E-state index contributed by atoms with van der Waals surface area (Å²) in [6.45, 7) is 5.38. The molecule has 0 aliphatic heterocycles. The van der Waals surface area contributed by atoms with Gasteiger partial charge in [0, 0.05) is 22.6 Å².